The topological polar surface area (TPSA) is 102 Å². The van der Waals surface area contributed by atoms with Crippen LogP contribution in [-0.4, -0.2) is 32.9 Å². The molecule has 154 valence electrons. The predicted molar refractivity (Wildman–Crippen MR) is 118 cm³/mol. The zero-order valence-corrected chi connectivity index (χ0v) is 17.0. The van der Waals surface area contributed by atoms with Crippen molar-refractivity contribution in [3.8, 4) is 22.9 Å². The molecule has 31 heavy (non-hydrogen) atoms. The smallest absolute Gasteiger partial charge is 0.257 e. The second-order valence-electron chi connectivity index (χ2n) is 6.65. The molecule has 0 aliphatic heterocycles. The Labute approximate surface area is 179 Å². The quantitative estimate of drug-likeness (QED) is 0.486. The summed E-state index contributed by atoms with van der Waals surface area (Å²) in [6, 6.07) is 14.4. The first-order valence-electron chi connectivity index (χ1n) is 9.60. The molecule has 4 aromatic rings. The monoisotopic (exact) mass is 412 g/mol. The molecule has 0 unspecified atom stereocenters. The van der Waals surface area contributed by atoms with E-state index in [2.05, 4.69) is 30.6 Å². The summed E-state index contributed by atoms with van der Waals surface area (Å²) >= 11 is 0. The van der Waals surface area contributed by atoms with E-state index in [0.717, 1.165) is 11.1 Å². The van der Waals surface area contributed by atoms with Crippen LogP contribution in [0.4, 0.5) is 11.6 Å². The van der Waals surface area contributed by atoms with Crippen LogP contribution in [0, 0.1) is 6.92 Å². The van der Waals surface area contributed by atoms with Crippen molar-refractivity contribution in [2.45, 2.75) is 6.92 Å². The van der Waals surface area contributed by atoms with E-state index in [0.29, 0.717) is 34.5 Å². The molecule has 0 bridgehead atoms. The van der Waals surface area contributed by atoms with Crippen molar-refractivity contribution >= 4 is 17.5 Å². The third-order valence-electron chi connectivity index (χ3n) is 4.49. The number of aryl methyl sites for hydroxylation is 1. The molecule has 1 amide bonds. The van der Waals surface area contributed by atoms with Gasteiger partial charge in [-0.25, -0.2) is 15.0 Å². The fraction of sp³-hybridized carbons (Fsp3) is 0.0870. The van der Waals surface area contributed by atoms with E-state index in [1.54, 1.807) is 56.0 Å². The van der Waals surface area contributed by atoms with Crippen LogP contribution in [0.2, 0.25) is 0 Å². The maximum atomic E-state index is 12.3. The first-order valence-corrected chi connectivity index (χ1v) is 9.60. The van der Waals surface area contributed by atoms with Crippen molar-refractivity contribution in [3.63, 3.8) is 0 Å². The first-order chi connectivity index (χ1) is 15.1. The Hall–Kier alpha value is -4.33. The number of carbonyl (C=O) groups excluding carboxylic acids is 1. The SMILES string of the molecule is CNc1nccc(-c2cccnc2Oc2ccc(NC(=O)c3cccnc3)cc2C)n1. The maximum absolute atomic E-state index is 12.3. The molecular weight excluding hydrogens is 392 g/mol. The van der Waals surface area contributed by atoms with Crippen molar-refractivity contribution in [1.29, 1.82) is 0 Å². The Kier molecular flexibility index (Phi) is 5.79. The summed E-state index contributed by atoms with van der Waals surface area (Å²) in [7, 11) is 1.76. The van der Waals surface area contributed by atoms with Crippen LogP contribution in [0.15, 0.2) is 73.3 Å². The van der Waals surface area contributed by atoms with Gasteiger partial charge in [0.15, 0.2) is 0 Å². The summed E-state index contributed by atoms with van der Waals surface area (Å²) in [6.45, 7) is 1.90. The Morgan fingerprint density at radius 3 is 2.65 bits per heavy atom. The van der Waals surface area contributed by atoms with Gasteiger partial charge in [0.05, 0.1) is 16.8 Å². The summed E-state index contributed by atoms with van der Waals surface area (Å²) in [4.78, 5) is 29.3. The number of hydrogen-bond acceptors (Lipinski definition) is 7. The predicted octanol–water partition coefficient (Wildman–Crippen LogP) is 4.33. The molecule has 0 radical (unpaired) electrons. The average molecular weight is 412 g/mol. The number of benzene rings is 1. The zero-order chi connectivity index (χ0) is 21.6. The highest BCUT2D eigenvalue weighted by atomic mass is 16.5. The van der Waals surface area contributed by atoms with Gasteiger partial charge in [0, 0.05) is 37.5 Å². The molecule has 0 saturated carbocycles. The van der Waals surface area contributed by atoms with Gasteiger partial charge in [-0.2, -0.15) is 0 Å². The summed E-state index contributed by atoms with van der Waals surface area (Å²) in [5.41, 5.74) is 3.44. The molecule has 1 aromatic carbocycles. The minimum Gasteiger partial charge on any atom is -0.438 e. The lowest BCUT2D eigenvalue weighted by molar-refractivity contribution is 0.102. The Morgan fingerprint density at radius 2 is 1.87 bits per heavy atom. The summed E-state index contributed by atoms with van der Waals surface area (Å²) < 4.78 is 6.10. The summed E-state index contributed by atoms with van der Waals surface area (Å²) in [5, 5.41) is 5.79. The standard InChI is InChI=1S/C23H20N6O2/c1-15-13-17(28-21(30)16-5-3-10-25-14-16)7-8-20(15)31-22-18(6-4-11-26-22)19-9-12-27-23(24-2)29-19/h3-14H,1-2H3,(H,28,30)(H,24,27,29). The third-order valence-corrected chi connectivity index (χ3v) is 4.49. The normalized spacial score (nSPS) is 10.4. The minimum absolute atomic E-state index is 0.225. The molecule has 8 nitrogen and oxygen atoms in total. The highest BCUT2D eigenvalue weighted by molar-refractivity contribution is 6.04. The summed E-state index contributed by atoms with van der Waals surface area (Å²) in [6.07, 6.45) is 6.49. The number of aromatic nitrogens is 4. The number of nitrogens with one attached hydrogen (secondary N) is 2. The maximum Gasteiger partial charge on any atom is 0.257 e. The van der Waals surface area contributed by atoms with Crippen LogP contribution in [0.3, 0.4) is 0 Å². The molecule has 3 heterocycles. The molecule has 2 N–H and O–H groups in total. The van der Waals surface area contributed by atoms with Gasteiger partial charge in [-0.15, -0.1) is 0 Å². The highest BCUT2D eigenvalue weighted by Crippen LogP contribution is 2.32. The van der Waals surface area contributed by atoms with Gasteiger partial charge in [-0.1, -0.05) is 0 Å². The zero-order valence-electron chi connectivity index (χ0n) is 17.0. The van der Waals surface area contributed by atoms with Crippen molar-refractivity contribution in [2.75, 3.05) is 17.7 Å². The number of ether oxygens (including phenoxy) is 1. The van der Waals surface area contributed by atoms with Gasteiger partial charge in [0.25, 0.3) is 5.91 Å². The number of rotatable bonds is 6. The molecule has 4 rings (SSSR count). The van der Waals surface area contributed by atoms with Gasteiger partial charge < -0.3 is 15.4 Å². The molecular formula is C23H20N6O2. The Bertz CT molecular complexity index is 1210. The molecule has 8 heteroatoms. The second-order valence-corrected chi connectivity index (χ2v) is 6.65. The van der Waals surface area contributed by atoms with Gasteiger partial charge in [0.1, 0.15) is 5.75 Å². The van der Waals surface area contributed by atoms with E-state index in [1.165, 1.54) is 6.20 Å². The molecule has 3 aromatic heterocycles. The number of carbonyl (C=O) groups is 1. The lowest BCUT2D eigenvalue weighted by Crippen LogP contribution is -2.12. The van der Waals surface area contributed by atoms with Gasteiger partial charge in [0.2, 0.25) is 11.8 Å². The molecule has 0 aliphatic rings. The van der Waals surface area contributed by atoms with Gasteiger partial charge >= 0.3 is 0 Å². The lowest BCUT2D eigenvalue weighted by Gasteiger charge is -2.13. The first kappa shape index (κ1) is 20.0. The molecule has 0 atom stereocenters. The van der Waals surface area contributed by atoms with Crippen LogP contribution in [0.5, 0.6) is 11.6 Å². The molecule has 0 saturated heterocycles. The van der Waals surface area contributed by atoms with Crippen LogP contribution in [0.1, 0.15) is 15.9 Å². The third kappa shape index (κ3) is 4.64. The molecule has 0 fully saturated rings. The van der Waals surface area contributed by atoms with Crippen molar-refractivity contribution in [3.05, 3.63) is 84.4 Å². The van der Waals surface area contributed by atoms with Crippen molar-refractivity contribution < 1.29 is 9.53 Å². The van der Waals surface area contributed by atoms with Crippen molar-refractivity contribution in [2.24, 2.45) is 0 Å². The van der Waals surface area contributed by atoms with Crippen LogP contribution in [0.25, 0.3) is 11.3 Å². The summed E-state index contributed by atoms with van der Waals surface area (Å²) in [5.74, 6) is 1.34. The number of nitrogens with zero attached hydrogens (tertiary/aromatic N) is 4. The van der Waals surface area contributed by atoms with E-state index < -0.39 is 0 Å². The average Bonchev–Trinajstić information content (AvgIpc) is 2.82. The number of anilines is 2. The fourth-order valence-electron chi connectivity index (χ4n) is 2.94. The minimum atomic E-state index is -0.225. The van der Waals surface area contributed by atoms with Crippen LogP contribution >= 0.6 is 0 Å². The molecule has 0 aliphatic carbocycles. The number of hydrogen-bond donors (Lipinski definition) is 2. The lowest BCUT2D eigenvalue weighted by atomic mass is 10.1. The van der Waals surface area contributed by atoms with E-state index in [9.17, 15) is 4.79 Å². The van der Waals surface area contributed by atoms with Crippen molar-refractivity contribution in [1.82, 2.24) is 19.9 Å². The van der Waals surface area contributed by atoms with E-state index in [1.807, 2.05) is 25.1 Å². The van der Waals surface area contributed by atoms with Gasteiger partial charge in [-0.05, 0) is 61.0 Å². The second kappa shape index (κ2) is 9.00. The number of pyridine rings is 2. The Balaban J connectivity index is 1.56. The number of amides is 1. The fourth-order valence-corrected chi connectivity index (χ4v) is 2.94. The molecule has 0 spiro atoms. The van der Waals surface area contributed by atoms with Crippen LogP contribution < -0.4 is 15.4 Å². The van der Waals surface area contributed by atoms with E-state index in [-0.39, 0.29) is 5.91 Å². The van der Waals surface area contributed by atoms with E-state index in [4.69, 9.17) is 4.74 Å². The van der Waals surface area contributed by atoms with E-state index >= 15 is 0 Å². The van der Waals surface area contributed by atoms with Crippen LogP contribution in [-0.2, 0) is 0 Å². The van der Waals surface area contributed by atoms with Gasteiger partial charge in [-0.3, -0.25) is 9.78 Å². The highest BCUT2D eigenvalue weighted by Gasteiger charge is 2.13. The Morgan fingerprint density at radius 1 is 1.00 bits per heavy atom. The largest absolute Gasteiger partial charge is 0.438 e.